The van der Waals surface area contributed by atoms with Gasteiger partial charge in [-0.3, -0.25) is 4.79 Å². The van der Waals surface area contributed by atoms with E-state index in [9.17, 15) is 9.90 Å². The number of aromatic amines is 1. The number of halogens is 2. The highest BCUT2D eigenvalue weighted by atomic mass is 79.9. The first-order chi connectivity index (χ1) is 9.61. The maximum absolute atomic E-state index is 12.0. The van der Waals surface area contributed by atoms with Crippen molar-refractivity contribution in [2.75, 3.05) is 0 Å². The Bertz CT molecular complexity index is 860. The molecule has 100 valence electrons. The van der Waals surface area contributed by atoms with Crippen molar-refractivity contribution in [1.82, 2.24) is 9.97 Å². The molecule has 4 nitrogen and oxygen atoms in total. The lowest BCUT2D eigenvalue weighted by molar-refractivity contribution is 0.477. The topological polar surface area (TPSA) is 66.0 Å². The Morgan fingerprint density at radius 3 is 2.50 bits per heavy atom. The van der Waals surface area contributed by atoms with Crippen LogP contribution < -0.4 is 5.56 Å². The molecule has 0 saturated carbocycles. The van der Waals surface area contributed by atoms with Gasteiger partial charge >= 0.3 is 0 Å². The zero-order valence-electron chi connectivity index (χ0n) is 10.0. The fourth-order valence-electron chi connectivity index (χ4n) is 2.08. The first-order valence-corrected chi connectivity index (χ1v) is 7.32. The molecule has 0 amide bonds. The van der Waals surface area contributed by atoms with Crippen LogP contribution in [0.4, 0.5) is 0 Å². The molecule has 0 aliphatic heterocycles. The average Bonchev–Trinajstić information content (AvgIpc) is 2.46. The van der Waals surface area contributed by atoms with Crippen LogP contribution in [-0.2, 0) is 0 Å². The average molecular weight is 396 g/mol. The molecule has 0 spiro atoms. The zero-order valence-corrected chi connectivity index (χ0v) is 13.2. The molecule has 6 heteroatoms. The van der Waals surface area contributed by atoms with Crippen molar-refractivity contribution in [3.63, 3.8) is 0 Å². The molecule has 2 aromatic carbocycles. The van der Waals surface area contributed by atoms with E-state index in [0.29, 0.717) is 19.9 Å². The Labute approximate surface area is 130 Å². The molecule has 0 aliphatic carbocycles. The maximum Gasteiger partial charge on any atom is 0.259 e. The quantitative estimate of drug-likeness (QED) is 0.658. The van der Waals surface area contributed by atoms with Gasteiger partial charge in [-0.1, -0.05) is 30.3 Å². The Kier molecular flexibility index (Phi) is 3.35. The summed E-state index contributed by atoms with van der Waals surface area (Å²) in [5, 5.41) is 10.6. The fraction of sp³-hybridized carbons (Fsp3) is 0. The predicted octanol–water partition coefficient (Wildman–Crippen LogP) is 3.82. The first kappa shape index (κ1) is 13.3. The molecule has 1 aromatic heterocycles. The second-order valence-corrected chi connectivity index (χ2v) is 5.76. The summed E-state index contributed by atoms with van der Waals surface area (Å²) >= 11 is 6.83. The number of nitrogens with one attached hydrogen (secondary N) is 1. The van der Waals surface area contributed by atoms with Crippen molar-refractivity contribution < 1.29 is 5.11 Å². The van der Waals surface area contributed by atoms with Crippen LogP contribution in [0.15, 0.2) is 50.4 Å². The molecule has 0 unspecified atom stereocenters. The summed E-state index contributed by atoms with van der Waals surface area (Å²) in [5.74, 6) is -0.0480. The molecule has 3 rings (SSSR count). The van der Waals surface area contributed by atoms with Gasteiger partial charge in [0.25, 0.3) is 5.56 Å². The zero-order chi connectivity index (χ0) is 14.3. The van der Waals surface area contributed by atoms with Crippen LogP contribution in [0.5, 0.6) is 5.75 Å². The van der Waals surface area contributed by atoms with Crippen LogP contribution in [0.25, 0.3) is 22.0 Å². The number of aromatic hydroxyl groups is 1. The van der Waals surface area contributed by atoms with E-state index in [2.05, 4.69) is 41.8 Å². The normalized spacial score (nSPS) is 10.9. The number of hydrogen-bond donors (Lipinski definition) is 2. The number of nitrogens with zero attached hydrogens (tertiary/aromatic N) is 1. The standard InChI is InChI=1S/C14H8Br2N2O2/c15-10-8(7-4-2-1-3-5-7)11(16)13(19)12-9(10)14(20)18-6-17-12/h1-6,19H,(H,17,18,20). The van der Waals surface area contributed by atoms with E-state index >= 15 is 0 Å². The van der Waals surface area contributed by atoms with Gasteiger partial charge < -0.3 is 10.1 Å². The van der Waals surface area contributed by atoms with Gasteiger partial charge in [0.05, 0.1) is 16.2 Å². The van der Waals surface area contributed by atoms with Crippen molar-refractivity contribution in [3.05, 3.63) is 56.0 Å². The third-order valence-corrected chi connectivity index (χ3v) is 4.57. The van der Waals surface area contributed by atoms with Crippen molar-refractivity contribution in [3.8, 4) is 16.9 Å². The van der Waals surface area contributed by atoms with E-state index in [0.717, 1.165) is 5.56 Å². The molecule has 20 heavy (non-hydrogen) atoms. The third kappa shape index (κ3) is 1.96. The van der Waals surface area contributed by atoms with Gasteiger partial charge in [0, 0.05) is 10.0 Å². The Morgan fingerprint density at radius 2 is 1.80 bits per heavy atom. The van der Waals surface area contributed by atoms with E-state index in [1.807, 2.05) is 30.3 Å². The number of hydrogen-bond acceptors (Lipinski definition) is 3. The molecule has 0 saturated heterocycles. The van der Waals surface area contributed by atoms with Crippen molar-refractivity contribution in [1.29, 1.82) is 0 Å². The fourth-order valence-corrected chi connectivity index (χ4v) is 3.76. The largest absolute Gasteiger partial charge is 0.505 e. The van der Waals surface area contributed by atoms with Gasteiger partial charge in [0.15, 0.2) is 5.75 Å². The highest BCUT2D eigenvalue weighted by Crippen LogP contribution is 2.44. The molecule has 1 heterocycles. The summed E-state index contributed by atoms with van der Waals surface area (Å²) in [6.45, 7) is 0. The van der Waals surface area contributed by atoms with Crippen LogP contribution in [0.1, 0.15) is 0 Å². The minimum atomic E-state index is -0.304. The summed E-state index contributed by atoms with van der Waals surface area (Å²) in [6, 6.07) is 9.49. The molecule has 0 aliphatic rings. The van der Waals surface area contributed by atoms with Crippen LogP contribution in [0, 0.1) is 0 Å². The lowest BCUT2D eigenvalue weighted by atomic mass is 10.0. The SMILES string of the molecule is O=c1[nH]cnc2c(O)c(Br)c(-c3ccccc3)c(Br)c12. The Balaban J connectivity index is 2.52. The molecule has 0 radical (unpaired) electrons. The number of benzene rings is 2. The van der Waals surface area contributed by atoms with Gasteiger partial charge in [0.1, 0.15) is 5.52 Å². The van der Waals surface area contributed by atoms with Gasteiger partial charge in [0.2, 0.25) is 0 Å². The summed E-state index contributed by atoms with van der Waals surface area (Å²) < 4.78 is 1.10. The summed E-state index contributed by atoms with van der Waals surface area (Å²) in [5.41, 5.74) is 1.55. The number of phenols is 1. The highest BCUT2D eigenvalue weighted by molar-refractivity contribution is 9.11. The lowest BCUT2D eigenvalue weighted by Crippen LogP contribution is -2.08. The van der Waals surface area contributed by atoms with Crippen molar-refractivity contribution in [2.45, 2.75) is 0 Å². The molecule has 0 atom stereocenters. The van der Waals surface area contributed by atoms with Crippen LogP contribution >= 0.6 is 31.9 Å². The minimum Gasteiger partial charge on any atom is -0.505 e. The Morgan fingerprint density at radius 1 is 1.10 bits per heavy atom. The number of rotatable bonds is 1. The van der Waals surface area contributed by atoms with Gasteiger partial charge in [-0.25, -0.2) is 4.98 Å². The summed E-state index contributed by atoms with van der Waals surface area (Å²) in [7, 11) is 0. The smallest absolute Gasteiger partial charge is 0.259 e. The number of fused-ring (bicyclic) bond motifs is 1. The van der Waals surface area contributed by atoms with Crippen LogP contribution in [0.2, 0.25) is 0 Å². The summed E-state index contributed by atoms with van der Waals surface area (Å²) in [4.78, 5) is 18.5. The lowest BCUT2D eigenvalue weighted by Gasteiger charge is -2.12. The van der Waals surface area contributed by atoms with Crippen molar-refractivity contribution in [2.24, 2.45) is 0 Å². The van der Waals surface area contributed by atoms with E-state index in [4.69, 9.17) is 0 Å². The highest BCUT2D eigenvalue weighted by Gasteiger charge is 2.20. The molecule has 3 aromatic rings. The molecule has 0 bridgehead atoms. The monoisotopic (exact) mass is 394 g/mol. The number of aromatic nitrogens is 2. The summed E-state index contributed by atoms with van der Waals surface area (Å²) in [6.07, 6.45) is 1.27. The number of phenolic OH excluding ortho intramolecular Hbond substituents is 1. The Hall–Kier alpha value is -1.66. The van der Waals surface area contributed by atoms with Gasteiger partial charge in [-0.05, 0) is 37.4 Å². The first-order valence-electron chi connectivity index (χ1n) is 5.74. The second kappa shape index (κ2) is 5.03. The van der Waals surface area contributed by atoms with Gasteiger partial charge in [-0.15, -0.1) is 0 Å². The van der Waals surface area contributed by atoms with Gasteiger partial charge in [-0.2, -0.15) is 0 Å². The molecule has 0 fully saturated rings. The van der Waals surface area contributed by atoms with Crippen LogP contribution in [0.3, 0.4) is 0 Å². The van der Waals surface area contributed by atoms with Crippen LogP contribution in [-0.4, -0.2) is 15.1 Å². The number of H-pyrrole nitrogens is 1. The molecular weight excluding hydrogens is 388 g/mol. The van der Waals surface area contributed by atoms with Crippen molar-refractivity contribution >= 4 is 42.8 Å². The predicted molar refractivity (Wildman–Crippen MR) is 84.9 cm³/mol. The minimum absolute atomic E-state index is 0.0480. The third-order valence-electron chi connectivity index (χ3n) is 3.01. The molecule has 2 N–H and O–H groups in total. The van der Waals surface area contributed by atoms with E-state index < -0.39 is 0 Å². The van der Waals surface area contributed by atoms with E-state index in [1.165, 1.54) is 6.33 Å². The molecular formula is C14H8Br2N2O2. The second-order valence-electron chi connectivity index (χ2n) is 4.17. The van der Waals surface area contributed by atoms with E-state index in [-0.39, 0.29) is 16.8 Å². The maximum atomic E-state index is 12.0. The van der Waals surface area contributed by atoms with E-state index in [1.54, 1.807) is 0 Å².